The van der Waals surface area contributed by atoms with Gasteiger partial charge in [-0.25, -0.2) is 4.39 Å². The Morgan fingerprint density at radius 3 is 2.52 bits per heavy atom. The number of nitrogens with one attached hydrogen (secondary N) is 1. The average molecular weight is 378 g/mol. The number of nitrogens with zero attached hydrogens (tertiary/aromatic N) is 2. The number of carbonyl (C=O) groups is 1. The SMILES string of the molecule is CC(Oc1ccc(F)cc1)C(=O)Nc1nnc(-c2ccc(Cl)cc2)s1. The maximum atomic E-state index is 12.9. The second kappa shape index (κ2) is 7.58. The van der Waals surface area contributed by atoms with Gasteiger partial charge in [-0.2, -0.15) is 0 Å². The van der Waals surface area contributed by atoms with E-state index in [4.69, 9.17) is 16.3 Å². The number of carbonyl (C=O) groups excluding carboxylic acids is 1. The van der Waals surface area contributed by atoms with Crippen molar-refractivity contribution in [1.29, 1.82) is 0 Å². The molecule has 128 valence electrons. The van der Waals surface area contributed by atoms with Crippen LogP contribution in [0, 0.1) is 5.82 Å². The Bertz CT molecular complexity index is 868. The second-order valence-electron chi connectivity index (χ2n) is 5.12. The summed E-state index contributed by atoms with van der Waals surface area (Å²) in [5.41, 5.74) is 0.859. The maximum Gasteiger partial charge on any atom is 0.266 e. The van der Waals surface area contributed by atoms with Crippen molar-refractivity contribution in [3.05, 3.63) is 59.4 Å². The molecule has 0 radical (unpaired) electrons. The first-order valence-electron chi connectivity index (χ1n) is 7.34. The molecule has 1 aromatic heterocycles. The van der Waals surface area contributed by atoms with E-state index in [0.717, 1.165) is 5.56 Å². The summed E-state index contributed by atoms with van der Waals surface area (Å²) in [6.45, 7) is 1.60. The summed E-state index contributed by atoms with van der Waals surface area (Å²) in [5.74, 6) is -0.334. The highest BCUT2D eigenvalue weighted by Crippen LogP contribution is 2.27. The lowest BCUT2D eigenvalue weighted by Gasteiger charge is -2.13. The van der Waals surface area contributed by atoms with Gasteiger partial charge in [-0.3, -0.25) is 10.1 Å². The third-order valence-electron chi connectivity index (χ3n) is 3.24. The number of hydrogen-bond acceptors (Lipinski definition) is 5. The number of amides is 1. The number of benzene rings is 2. The van der Waals surface area contributed by atoms with E-state index in [1.165, 1.54) is 35.6 Å². The summed E-state index contributed by atoms with van der Waals surface area (Å²) in [6, 6.07) is 12.6. The zero-order valence-electron chi connectivity index (χ0n) is 13.1. The van der Waals surface area contributed by atoms with Crippen LogP contribution in [0.3, 0.4) is 0 Å². The van der Waals surface area contributed by atoms with Crippen LogP contribution in [-0.2, 0) is 4.79 Å². The Labute approximate surface area is 152 Å². The van der Waals surface area contributed by atoms with Crippen LogP contribution in [0.1, 0.15) is 6.92 Å². The van der Waals surface area contributed by atoms with Crippen molar-refractivity contribution in [3.63, 3.8) is 0 Å². The largest absolute Gasteiger partial charge is 0.481 e. The molecule has 2 aromatic carbocycles. The van der Waals surface area contributed by atoms with E-state index in [1.54, 1.807) is 19.1 Å². The van der Waals surface area contributed by atoms with Crippen molar-refractivity contribution in [1.82, 2.24) is 10.2 Å². The monoisotopic (exact) mass is 377 g/mol. The highest BCUT2D eigenvalue weighted by Gasteiger charge is 2.17. The van der Waals surface area contributed by atoms with Crippen LogP contribution < -0.4 is 10.1 Å². The molecule has 3 rings (SSSR count). The van der Waals surface area contributed by atoms with Gasteiger partial charge in [0.1, 0.15) is 16.6 Å². The Morgan fingerprint density at radius 2 is 1.84 bits per heavy atom. The average Bonchev–Trinajstić information content (AvgIpc) is 3.06. The quantitative estimate of drug-likeness (QED) is 0.715. The molecule has 8 heteroatoms. The first-order valence-corrected chi connectivity index (χ1v) is 8.53. The van der Waals surface area contributed by atoms with Crippen molar-refractivity contribution in [2.75, 3.05) is 5.32 Å². The van der Waals surface area contributed by atoms with E-state index in [0.29, 0.717) is 20.9 Å². The molecular formula is C17H13ClFN3O2S. The molecule has 3 aromatic rings. The molecule has 1 unspecified atom stereocenters. The van der Waals surface area contributed by atoms with Gasteiger partial charge in [-0.1, -0.05) is 35.1 Å². The van der Waals surface area contributed by atoms with Gasteiger partial charge < -0.3 is 4.74 Å². The Morgan fingerprint density at radius 1 is 1.16 bits per heavy atom. The van der Waals surface area contributed by atoms with Gasteiger partial charge >= 0.3 is 0 Å². The van der Waals surface area contributed by atoms with Crippen molar-refractivity contribution in [3.8, 4) is 16.3 Å². The van der Waals surface area contributed by atoms with E-state index < -0.39 is 6.10 Å². The van der Waals surface area contributed by atoms with Gasteiger partial charge in [-0.15, -0.1) is 10.2 Å². The van der Waals surface area contributed by atoms with E-state index in [-0.39, 0.29) is 11.7 Å². The fourth-order valence-corrected chi connectivity index (χ4v) is 2.84. The summed E-state index contributed by atoms with van der Waals surface area (Å²) >= 11 is 7.10. The van der Waals surface area contributed by atoms with Crippen LogP contribution in [0.2, 0.25) is 5.02 Å². The molecule has 0 aliphatic rings. The van der Waals surface area contributed by atoms with Crippen LogP contribution in [0.15, 0.2) is 48.5 Å². The molecule has 0 fully saturated rings. The molecule has 1 N–H and O–H groups in total. The van der Waals surface area contributed by atoms with Gasteiger partial charge in [0.25, 0.3) is 5.91 Å². The number of rotatable bonds is 5. The smallest absolute Gasteiger partial charge is 0.266 e. The minimum atomic E-state index is -0.770. The minimum absolute atomic E-state index is 0.365. The second-order valence-corrected chi connectivity index (χ2v) is 6.54. The molecule has 0 saturated carbocycles. The van der Waals surface area contributed by atoms with Gasteiger partial charge in [0.05, 0.1) is 0 Å². The number of aromatic nitrogens is 2. The van der Waals surface area contributed by atoms with E-state index in [9.17, 15) is 9.18 Å². The number of anilines is 1. The molecule has 0 bridgehead atoms. The van der Waals surface area contributed by atoms with Gasteiger partial charge in [0.15, 0.2) is 6.10 Å². The van der Waals surface area contributed by atoms with E-state index in [2.05, 4.69) is 15.5 Å². The van der Waals surface area contributed by atoms with E-state index >= 15 is 0 Å². The summed E-state index contributed by atoms with van der Waals surface area (Å²) < 4.78 is 18.3. The highest BCUT2D eigenvalue weighted by molar-refractivity contribution is 7.18. The summed E-state index contributed by atoms with van der Waals surface area (Å²) in [7, 11) is 0. The lowest BCUT2D eigenvalue weighted by Crippen LogP contribution is -2.30. The molecular weight excluding hydrogens is 365 g/mol. The minimum Gasteiger partial charge on any atom is -0.481 e. The third-order valence-corrected chi connectivity index (χ3v) is 4.38. The predicted octanol–water partition coefficient (Wildman–Crippen LogP) is 4.40. The molecule has 0 aliphatic carbocycles. The van der Waals surface area contributed by atoms with Gasteiger partial charge in [0.2, 0.25) is 5.13 Å². The first kappa shape index (κ1) is 17.3. The van der Waals surface area contributed by atoms with Crippen molar-refractivity contribution >= 4 is 34.0 Å². The van der Waals surface area contributed by atoms with Crippen LogP contribution in [0.4, 0.5) is 9.52 Å². The number of hydrogen-bond donors (Lipinski definition) is 1. The molecule has 1 heterocycles. The molecule has 0 aliphatic heterocycles. The molecule has 1 atom stereocenters. The summed E-state index contributed by atoms with van der Waals surface area (Å²) in [5, 5.41) is 12.3. The Hall–Kier alpha value is -2.51. The van der Waals surface area contributed by atoms with Crippen molar-refractivity contribution in [2.45, 2.75) is 13.0 Å². The van der Waals surface area contributed by atoms with Crippen LogP contribution >= 0.6 is 22.9 Å². The maximum absolute atomic E-state index is 12.9. The fourth-order valence-electron chi connectivity index (χ4n) is 1.96. The van der Waals surface area contributed by atoms with Gasteiger partial charge in [-0.05, 0) is 43.3 Å². The standard InChI is InChI=1S/C17H13ClFN3O2S/c1-10(24-14-8-6-13(19)7-9-14)15(23)20-17-22-21-16(25-17)11-2-4-12(18)5-3-11/h2-10H,1H3,(H,20,22,23). The molecule has 5 nitrogen and oxygen atoms in total. The van der Waals surface area contributed by atoms with Gasteiger partial charge in [0, 0.05) is 10.6 Å². The molecule has 25 heavy (non-hydrogen) atoms. The van der Waals surface area contributed by atoms with Crippen LogP contribution in [0.25, 0.3) is 10.6 Å². The fraction of sp³-hybridized carbons (Fsp3) is 0.118. The lowest BCUT2D eigenvalue weighted by atomic mass is 10.2. The summed E-state index contributed by atoms with van der Waals surface area (Å²) in [6.07, 6.45) is -0.770. The topological polar surface area (TPSA) is 64.1 Å². The summed E-state index contributed by atoms with van der Waals surface area (Å²) in [4.78, 5) is 12.2. The van der Waals surface area contributed by atoms with Crippen LogP contribution in [-0.4, -0.2) is 22.2 Å². The lowest BCUT2D eigenvalue weighted by molar-refractivity contribution is -0.122. The molecule has 0 spiro atoms. The zero-order chi connectivity index (χ0) is 17.8. The molecule has 1 amide bonds. The molecule has 0 saturated heterocycles. The predicted molar refractivity (Wildman–Crippen MR) is 95.5 cm³/mol. The normalized spacial score (nSPS) is 11.8. The first-order chi connectivity index (χ1) is 12.0. The van der Waals surface area contributed by atoms with Crippen molar-refractivity contribution < 1.29 is 13.9 Å². The number of ether oxygens (including phenoxy) is 1. The van der Waals surface area contributed by atoms with E-state index in [1.807, 2.05) is 12.1 Å². The number of halogens is 2. The Balaban J connectivity index is 1.62. The Kier molecular flexibility index (Phi) is 5.25. The third kappa shape index (κ3) is 4.52. The highest BCUT2D eigenvalue weighted by atomic mass is 35.5. The van der Waals surface area contributed by atoms with Crippen LogP contribution in [0.5, 0.6) is 5.75 Å². The van der Waals surface area contributed by atoms with Crippen molar-refractivity contribution in [2.24, 2.45) is 0 Å². The zero-order valence-corrected chi connectivity index (χ0v) is 14.6.